The third kappa shape index (κ3) is 3.04. The van der Waals surface area contributed by atoms with Crippen LogP contribution in [0.4, 0.5) is 8.78 Å². The zero-order valence-corrected chi connectivity index (χ0v) is 10.0. The topological polar surface area (TPSA) is 46.3 Å². The Bertz CT molecular complexity index is 451. The van der Waals surface area contributed by atoms with Crippen molar-refractivity contribution in [2.24, 2.45) is 11.7 Å². The maximum atomic E-state index is 13.5. The van der Waals surface area contributed by atoms with Gasteiger partial charge >= 0.3 is 0 Å². The van der Waals surface area contributed by atoms with E-state index >= 15 is 0 Å². The summed E-state index contributed by atoms with van der Waals surface area (Å²) in [4.78, 5) is 13.1. The molecule has 18 heavy (non-hydrogen) atoms. The van der Waals surface area contributed by atoms with Crippen LogP contribution in [0, 0.1) is 17.6 Å². The third-order valence-electron chi connectivity index (χ3n) is 3.32. The van der Waals surface area contributed by atoms with Crippen LogP contribution in [0.5, 0.6) is 0 Å². The van der Waals surface area contributed by atoms with Gasteiger partial charge in [-0.3, -0.25) is 9.69 Å². The molecule has 1 atom stereocenters. The Morgan fingerprint density at radius 3 is 2.89 bits per heavy atom. The molecule has 0 saturated carbocycles. The predicted molar refractivity (Wildman–Crippen MR) is 63.6 cm³/mol. The number of benzene rings is 1. The smallest absolute Gasteiger partial charge is 0.221 e. The summed E-state index contributed by atoms with van der Waals surface area (Å²) in [5.41, 5.74) is 5.73. The van der Waals surface area contributed by atoms with Crippen molar-refractivity contribution < 1.29 is 13.6 Å². The lowest BCUT2D eigenvalue weighted by Crippen LogP contribution is -2.40. The van der Waals surface area contributed by atoms with Crippen LogP contribution in [0.15, 0.2) is 18.2 Å². The lowest BCUT2D eigenvalue weighted by molar-refractivity contribution is -0.123. The minimum atomic E-state index is -0.579. The molecule has 0 aromatic heterocycles. The Labute approximate surface area is 105 Å². The SMILES string of the molecule is NC(=O)[C@H]1CCCN(Cc2ccc(F)cc2F)C1. The van der Waals surface area contributed by atoms with Gasteiger partial charge < -0.3 is 5.73 Å². The fourth-order valence-electron chi connectivity index (χ4n) is 2.32. The number of likely N-dealkylation sites (tertiary alicyclic amines) is 1. The first-order valence-corrected chi connectivity index (χ1v) is 6.02. The summed E-state index contributed by atoms with van der Waals surface area (Å²) < 4.78 is 26.3. The number of nitrogens with zero attached hydrogens (tertiary/aromatic N) is 1. The standard InChI is InChI=1S/C13H16F2N2O/c14-11-4-3-9(12(15)6-11)7-17-5-1-2-10(8-17)13(16)18/h3-4,6,10H,1-2,5,7-8H2,(H2,16,18)/t10-/m0/s1. The van der Waals surface area contributed by atoms with Gasteiger partial charge in [0.2, 0.25) is 5.91 Å². The summed E-state index contributed by atoms with van der Waals surface area (Å²) in [6.45, 7) is 1.74. The summed E-state index contributed by atoms with van der Waals surface area (Å²) >= 11 is 0. The van der Waals surface area contributed by atoms with Crippen LogP contribution in [0.3, 0.4) is 0 Å². The summed E-state index contributed by atoms with van der Waals surface area (Å²) in [5.74, 6) is -1.59. The molecule has 0 bridgehead atoms. The first kappa shape index (κ1) is 13.0. The van der Waals surface area contributed by atoms with E-state index in [0.29, 0.717) is 18.7 Å². The highest BCUT2D eigenvalue weighted by molar-refractivity contribution is 5.76. The van der Waals surface area contributed by atoms with Gasteiger partial charge in [0.25, 0.3) is 0 Å². The van der Waals surface area contributed by atoms with Crippen molar-refractivity contribution in [3.63, 3.8) is 0 Å². The molecule has 5 heteroatoms. The van der Waals surface area contributed by atoms with Crippen molar-refractivity contribution in [3.8, 4) is 0 Å². The highest BCUT2D eigenvalue weighted by atomic mass is 19.1. The van der Waals surface area contributed by atoms with Gasteiger partial charge in [0.1, 0.15) is 11.6 Å². The Hall–Kier alpha value is -1.49. The zero-order valence-electron chi connectivity index (χ0n) is 10.0. The van der Waals surface area contributed by atoms with E-state index in [1.165, 1.54) is 12.1 Å². The van der Waals surface area contributed by atoms with Crippen LogP contribution in [0.2, 0.25) is 0 Å². The number of amides is 1. The van der Waals surface area contributed by atoms with E-state index in [0.717, 1.165) is 25.5 Å². The summed E-state index contributed by atoms with van der Waals surface area (Å²) in [6.07, 6.45) is 1.66. The van der Waals surface area contributed by atoms with E-state index < -0.39 is 11.6 Å². The molecule has 0 unspecified atom stereocenters. The van der Waals surface area contributed by atoms with Gasteiger partial charge in [-0.1, -0.05) is 6.07 Å². The second kappa shape index (κ2) is 5.44. The van der Waals surface area contributed by atoms with Crippen molar-refractivity contribution in [1.82, 2.24) is 4.90 Å². The number of carbonyl (C=O) groups excluding carboxylic acids is 1. The third-order valence-corrected chi connectivity index (χ3v) is 3.32. The maximum absolute atomic E-state index is 13.5. The molecule has 1 aromatic rings. The number of hydrogen-bond donors (Lipinski definition) is 1. The van der Waals surface area contributed by atoms with Crippen LogP contribution in [-0.4, -0.2) is 23.9 Å². The molecule has 1 amide bonds. The van der Waals surface area contributed by atoms with Crippen molar-refractivity contribution >= 4 is 5.91 Å². The number of rotatable bonds is 3. The first-order chi connectivity index (χ1) is 8.56. The summed E-state index contributed by atoms with van der Waals surface area (Å²) in [5, 5.41) is 0. The molecule has 1 aliphatic rings. The lowest BCUT2D eigenvalue weighted by Gasteiger charge is -2.31. The van der Waals surface area contributed by atoms with Crippen LogP contribution < -0.4 is 5.73 Å². The molecule has 1 saturated heterocycles. The number of hydrogen-bond acceptors (Lipinski definition) is 2. The van der Waals surface area contributed by atoms with Crippen molar-refractivity contribution in [2.45, 2.75) is 19.4 Å². The molecule has 2 N–H and O–H groups in total. The van der Waals surface area contributed by atoms with Gasteiger partial charge in [-0.05, 0) is 25.5 Å². The Morgan fingerprint density at radius 1 is 1.44 bits per heavy atom. The van der Waals surface area contributed by atoms with Gasteiger partial charge in [0, 0.05) is 24.7 Å². The number of halogens is 2. The molecule has 98 valence electrons. The number of carbonyl (C=O) groups is 1. The molecule has 1 aromatic carbocycles. The first-order valence-electron chi connectivity index (χ1n) is 6.02. The van der Waals surface area contributed by atoms with Gasteiger partial charge in [-0.2, -0.15) is 0 Å². The van der Waals surface area contributed by atoms with E-state index in [1.807, 2.05) is 4.90 Å². The average Bonchev–Trinajstić information content (AvgIpc) is 2.33. The second-order valence-electron chi connectivity index (χ2n) is 4.71. The molecule has 1 fully saturated rings. The van der Waals surface area contributed by atoms with Crippen LogP contribution in [0.25, 0.3) is 0 Å². The van der Waals surface area contributed by atoms with Gasteiger partial charge in [-0.25, -0.2) is 8.78 Å². The van der Waals surface area contributed by atoms with Gasteiger partial charge in [-0.15, -0.1) is 0 Å². The number of nitrogens with two attached hydrogens (primary N) is 1. The monoisotopic (exact) mass is 254 g/mol. The van der Waals surface area contributed by atoms with E-state index in [4.69, 9.17) is 5.73 Å². The largest absolute Gasteiger partial charge is 0.369 e. The molecule has 0 spiro atoms. The molecule has 1 heterocycles. The van der Waals surface area contributed by atoms with Crippen molar-refractivity contribution in [3.05, 3.63) is 35.4 Å². The van der Waals surface area contributed by atoms with Crippen LogP contribution in [0.1, 0.15) is 18.4 Å². The predicted octanol–water partition coefficient (Wildman–Crippen LogP) is 1.66. The number of primary amides is 1. The van der Waals surface area contributed by atoms with Crippen molar-refractivity contribution in [2.75, 3.05) is 13.1 Å². The van der Waals surface area contributed by atoms with E-state index in [9.17, 15) is 13.6 Å². The van der Waals surface area contributed by atoms with Gasteiger partial charge in [0.15, 0.2) is 0 Å². The fraction of sp³-hybridized carbons (Fsp3) is 0.462. The highest BCUT2D eigenvalue weighted by Crippen LogP contribution is 2.19. The van der Waals surface area contributed by atoms with Crippen LogP contribution in [-0.2, 0) is 11.3 Å². The minimum absolute atomic E-state index is 0.165. The Kier molecular flexibility index (Phi) is 3.91. The molecule has 3 nitrogen and oxygen atoms in total. The van der Waals surface area contributed by atoms with Crippen LogP contribution >= 0.6 is 0 Å². The molecular weight excluding hydrogens is 238 g/mol. The Balaban J connectivity index is 2.02. The van der Waals surface area contributed by atoms with E-state index in [-0.39, 0.29) is 11.8 Å². The normalized spacial score (nSPS) is 20.9. The maximum Gasteiger partial charge on any atom is 0.221 e. The average molecular weight is 254 g/mol. The molecule has 1 aliphatic heterocycles. The summed E-state index contributed by atoms with van der Waals surface area (Å²) in [7, 11) is 0. The molecule has 0 radical (unpaired) electrons. The lowest BCUT2D eigenvalue weighted by atomic mass is 9.97. The molecular formula is C13H16F2N2O. The Morgan fingerprint density at radius 2 is 2.22 bits per heavy atom. The summed E-state index contributed by atoms with van der Waals surface area (Å²) in [6, 6.07) is 3.57. The van der Waals surface area contributed by atoms with Gasteiger partial charge in [0.05, 0.1) is 5.92 Å². The molecule has 0 aliphatic carbocycles. The van der Waals surface area contributed by atoms with E-state index in [2.05, 4.69) is 0 Å². The van der Waals surface area contributed by atoms with Crippen molar-refractivity contribution in [1.29, 1.82) is 0 Å². The number of piperidine rings is 1. The zero-order chi connectivity index (χ0) is 13.1. The molecule has 2 rings (SSSR count). The fourth-order valence-corrected chi connectivity index (χ4v) is 2.32. The second-order valence-corrected chi connectivity index (χ2v) is 4.71. The highest BCUT2D eigenvalue weighted by Gasteiger charge is 2.24. The minimum Gasteiger partial charge on any atom is -0.369 e. The quantitative estimate of drug-likeness (QED) is 0.891. The van der Waals surface area contributed by atoms with E-state index in [1.54, 1.807) is 0 Å².